The van der Waals surface area contributed by atoms with Crippen LogP contribution in [-0.2, 0) is 16.1 Å². The lowest BCUT2D eigenvalue weighted by molar-refractivity contribution is -0.127. The number of imidazole rings is 1. The Morgan fingerprint density at radius 1 is 1.07 bits per heavy atom. The largest absolute Gasteiger partial charge is 0.359 e. The molecule has 0 fully saturated rings. The zero-order valence-electron chi connectivity index (χ0n) is 14.6. The fraction of sp³-hybridized carbons (Fsp3) is 0.143. The molecule has 4 rings (SSSR count). The predicted molar refractivity (Wildman–Crippen MR) is 106 cm³/mol. The molecule has 2 aromatic carbocycles. The van der Waals surface area contributed by atoms with Crippen molar-refractivity contribution < 1.29 is 9.53 Å². The lowest BCUT2D eigenvalue weighted by atomic mass is 10.0. The molecular weight excluding hydrogens is 358 g/mol. The van der Waals surface area contributed by atoms with E-state index in [1.165, 1.54) is 0 Å². The van der Waals surface area contributed by atoms with E-state index in [1.54, 1.807) is 11.3 Å². The number of nitrogens with one attached hydrogen (secondary N) is 1. The van der Waals surface area contributed by atoms with E-state index in [1.807, 2.05) is 82.8 Å². The van der Waals surface area contributed by atoms with E-state index in [4.69, 9.17) is 4.74 Å². The third kappa shape index (κ3) is 4.24. The second-order valence-corrected chi connectivity index (χ2v) is 6.99. The second-order valence-electron chi connectivity index (χ2n) is 6.11. The fourth-order valence-electron chi connectivity index (χ4n) is 2.90. The van der Waals surface area contributed by atoms with Crippen LogP contribution in [-0.4, -0.2) is 21.9 Å². The minimum absolute atomic E-state index is 0.0172. The molecule has 5 nitrogen and oxygen atoms in total. The van der Waals surface area contributed by atoms with Crippen LogP contribution >= 0.6 is 11.3 Å². The van der Waals surface area contributed by atoms with Gasteiger partial charge in [0, 0.05) is 17.8 Å². The third-order valence-corrected chi connectivity index (χ3v) is 4.97. The molecule has 136 valence electrons. The Hall–Kier alpha value is -2.96. The molecule has 1 N–H and O–H groups in total. The smallest absolute Gasteiger partial charge is 0.246 e. The molecule has 0 aliphatic heterocycles. The molecule has 0 spiro atoms. The standard InChI is InChI=1S/C21H19N3O2S/c25-19(22-13-18-14-24-11-12-27-21(24)23-18)15-26-20(16-7-3-1-4-8-16)17-9-5-2-6-10-17/h1-12,14,20H,13,15H2,(H,22,25). The summed E-state index contributed by atoms with van der Waals surface area (Å²) < 4.78 is 7.92. The van der Waals surface area contributed by atoms with Crippen molar-refractivity contribution >= 4 is 22.2 Å². The molecule has 0 aliphatic carbocycles. The minimum Gasteiger partial charge on any atom is -0.359 e. The van der Waals surface area contributed by atoms with Crippen molar-refractivity contribution in [2.75, 3.05) is 6.61 Å². The highest BCUT2D eigenvalue weighted by Gasteiger charge is 2.16. The van der Waals surface area contributed by atoms with Crippen LogP contribution in [0.4, 0.5) is 0 Å². The van der Waals surface area contributed by atoms with E-state index in [9.17, 15) is 4.79 Å². The van der Waals surface area contributed by atoms with Gasteiger partial charge in [0.05, 0.1) is 12.2 Å². The van der Waals surface area contributed by atoms with Crippen molar-refractivity contribution in [2.45, 2.75) is 12.6 Å². The SMILES string of the molecule is O=C(COC(c1ccccc1)c1ccccc1)NCc1cn2ccsc2n1. The van der Waals surface area contributed by atoms with Crippen molar-refractivity contribution in [3.05, 3.63) is 95.3 Å². The number of nitrogens with zero attached hydrogens (tertiary/aromatic N) is 2. The molecule has 0 saturated carbocycles. The predicted octanol–water partition coefficient (Wildman–Crippen LogP) is 3.82. The number of rotatable bonds is 7. The second kappa shape index (κ2) is 8.16. The van der Waals surface area contributed by atoms with Crippen molar-refractivity contribution in [1.82, 2.24) is 14.7 Å². The van der Waals surface area contributed by atoms with Crippen molar-refractivity contribution in [1.29, 1.82) is 0 Å². The first-order valence-corrected chi connectivity index (χ1v) is 9.57. The first-order chi connectivity index (χ1) is 13.3. The van der Waals surface area contributed by atoms with E-state index < -0.39 is 0 Å². The number of carbonyl (C=O) groups is 1. The molecule has 0 saturated heterocycles. The number of amides is 1. The summed E-state index contributed by atoms with van der Waals surface area (Å²) in [5.41, 5.74) is 2.87. The van der Waals surface area contributed by atoms with Gasteiger partial charge in [0.25, 0.3) is 0 Å². The molecule has 27 heavy (non-hydrogen) atoms. The highest BCUT2D eigenvalue weighted by Crippen LogP contribution is 2.25. The van der Waals surface area contributed by atoms with Crippen LogP contribution in [0.25, 0.3) is 4.96 Å². The van der Waals surface area contributed by atoms with Crippen LogP contribution in [0, 0.1) is 0 Å². The Bertz CT molecular complexity index is 944. The Balaban J connectivity index is 1.38. The van der Waals surface area contributed by atoms with Crippen LogP contribution in [0.5, 0.6) is 0 Å². The molecule has 0 aliphatic rings. The summed E-state index contributed by atoms with van der Waals surface area (Å²) in [6.07, 6.45) is 3.59. The minimum atomic E-state index is -0.281. The molecule has 4 aromatic rings. The lowest BCUT2D eigenvalue weighted by Crippen LogP contribution is -2.28. The van der Waals surface area contributed by atoms with Gasteiger partial charge in [-0.3, -0.25) is 9.20 Å². The van der Waals surface area contributed by atoms with Gasteiger partial charge >= 0.3 is 0 Å². The summed E-state index contributed by atoms with van der Waals surface area (Å²) in [5, 5.41) is 4.85. The summed E-state index contributed by atoms with van der Waals surface area (Å²) in [7, 11) is 0. The maximum absolute atomic E-state index is 12.3. The van der Waals surface area contributed by atoms with Gasteiger partial charge in [0.1, 0.15) is 12.7 Å². The van der Waals surface area contributed by atoms with Crippen LogP contribution in [0.3, 0.4) is 0 Å². The zero-order chi connectivity index (χ0) is 18.5. The summed E-state index contributed by atoms with van der Waals surface area (Å²) >= 11 is 1.57. The first-order valence-electron chi connectivity index (χ1n) is 8.69. The average molecular weight is 377 g/mol. The van der Waals surface area contributed by atoms with E-state index in [-0.39, 0.29) is 18.6 Å². The van der Waals surface area contributed by atoms with Gasteiger partial charge < -0.3 is 10.1 Å². The highest BCUT2D eigenvalue weighted by atomic mass is 32.1. The van der Waals surface area contributed by atoms with Crippen molar-refractivity contribution in [3.63, 3.8) is 0 Å². The number of carbonyl (C=O) groups excluding carboxylic acids is 1. The van der Waals surface area contributed by atoms with Crippen molar-refractivity contribution in [2.24, 2.45) is 0 Å². The maximum atomic E-state index is 12.3. The summed E-state index contributed by atoms with van der Waals surface area (Å²) in [6.45, 7) is 0.370. The van der Waals surface area contributed by atoms with Gasteiger partial charge in [-0.25, -0.2) is 4.98 Å². The van der Waals surface area contributed by atoms with Crippen LogP contribution < -0.4 is 5.32 Å². The Morgan fingerprint density at radius 3 is 2.37 bits per heavy atom. The average Bonchev–Trinajstić information content (AvgIpc) is 3.30. The molecular formula is C21H19N3O2S. The molecule has 1 amide bonds. The number of fused-ring (bicyclic) bond motifs is 1. The number of hydrogen-bond acceptors (Lipinski definition) is 4. The fourth-order valence-corrected chi connectivity index (χ4v) is 3.62. The lowest BCUT2D eigenvalue weighted by Gasteiger charge is -2.18. The monoisotopic (exact) mass is 377 g/mol. The number of thiazole rings is 1. The zero-order valence-corrected chi connectivity index (χ0v) is 15.4. The quantitative estimate of drug-likeness (QED) is 0.533. The van der Waals surface area contributed by atoms with Gasteiger partial charge in [0.2, 0.25) is 5.91 Å². The van der Waals surface area contributed by atoms with Crippen LogP contribution in [0.15, 0.2) is 78.4 Å². The molecule has 0 unspecified atom stereocenters. The Labute approximate surface area is 161 Å². The van der Waals surface area contributed by atoms with Gasteiger partial charge in [-0.1, -0.05) is 60.7 Å². The van der Waals surface area contributed by atoms with Gasteiger partial charge in [0.15, 0.2) is 4.96 Å². The Morgan fingerprint density at radius 2 is 1.74 bits per heavy atom. The van der Waals surface area contributed by atoms with E-state index >= 15 is 0 Å². The number of benzene rings is 2. The molecule has 2 heterocycles. The number of aromatic nitrogens is 2. The van der Waals surface area contributed by atoms with Crippen LogP contribution in [0.1, 0.15) is 22.9 Å². The topological polar surface area (TPSA) is 55.6 Å². The first kappa shape index (κ1) is 17.5. The third-order valence-electron chi connectivity index (χ3n) is 4.20. The molecule has 0 radical (unpaired) electrons. The van der Waals surface area contributed by atoms with Gasteiger partial charge in [-0.05, 0) is 11.1 Å². The van der Waals surface area contributed by atoms with E-state index in [0.717, 1.165) is 21.8 Å². The van der Waals surface area contributed by atoms with Gasteiger partial charge in [-0.2, -0.15) is 0 Å². The normalized spacial score (nSPS) is 11.1. The Kier molecular flexibility index (Phi) is 5.27. The maximum Gasteiger partial charge on any atom is 0.246 e. The number of ether oxygens (including phenoxy) is 1. The number of hydrogen-bond donors (Lipinski definition) is 1. The van der Waals surface area contributed by atoms with E-state index in [0.29, 0.717) is 6.54 Å². The molecule has 6 heteroatoms. The highest BCUT2D eigenvalue weighted by molar-refractivity contribution is 7.15. The molecule has 0 bridgehead atoms. The molecule has 0 atom stereocenters. The van der Waals surface area contributed by atoms with Gasteiger partial charge in [-0.15, -0.1) is 11.3 Å². The summed E-state index contributed by atoms with van der Waals surface area (Å²) in [4.78, 5) is 17.6. The summed E-state index contributed by atoms with van der Waals surface area (Å²) in [5.74, 6) is -0.164. The summed E-state index contributed by atoms with van der Waals surface area (Å²) in [6, 6.07) is 19.8. The van der Waals surface area contributed by atoms with Crippen molar-refractivity contribution in [3.8, 4) is 0 Å². The van der Waals surface area contributed by atoms with Crippen LogP contribution in [0.2, 0.25) is 0 Å². The molecule has 2 aromatic heterocycles. The van der Waals surface area contributed by atoms with E-state index in [2.05, 4.69) is 10.3 Å².